The van der Waals surface area contributed by atoms with Crippen molar-refractivity contribution in [2.45, 2.75) is 71.4 Å². The Labute approximate surface area is 149 Å². The van der Waals surface area contributed by atoms with E-state index in [1.165, 1.54) is 17.8 Å². The molecule has 1 aliphatic rings. The van der Waals surface area contributed by atoms with Crippen molar-refractivity contribution in [3.8, 4) is 0 Å². The minimum absolute atomic E-state index is 0.00249. The van der Waals surface area contributed by atoms with Crippen molar-refractivity contribution in [2.75, 3.05) is 6.54 Å². The van der Waals surface area contributed by atoms with Crippen LogP contribution < -0.4 is 5.32 Å². The maximum atomic E-state index is 12.7. The summed E-state index contributed by atoms with van der Waals surface area (Å²) in [5.74, 6) is 0.708. The number of nitrogens with zero attached hydrogens (tertiary/aromatic N) is 1. The summed E-state index contributed by atoms with van der Waals surface area (Å²) in [6.45, 7) is 7.18. The molecule has 2 atom stereocenters. The first-order chi connectivity index (χ1) is 11.5. The van der Waals surface area contributed by atoms with Gasteiger partial charge in [-0.1, -0.05) is 32.8 Å². The first-order valence-corrected chi connectivity index (χ1v) is 10.0. The van der Waals surface area contributed by atoms with Gasteiger partial charge in [-0.3, -0.25) is 9.59 Å². The Morgan fingerprint density at radius 3 is 2.75 bits per heavy atom. The Bertz CT molecular complexity index is 527. The Hall–Kier alpha value is -1.36. The number of carbonyl (C=O) groups is 2. The number of carbonyl (C=O) groups excluding carboxylic acids is 2. The second-order valence-corrected chi connectivity index (χ2v) is 8.17. The van der Waals surface area contributed by atoms with E-state index in [1.807, 2.05) is 17.5 Å². The Kier molecular flexibility index (Phi) is 7.28. The highest BCUT2D eigenvalue weighted by atomic mass is 32.1. The van der Waals surface area contributed by atoms with Gasteiger partial charge < -0.3 is 10.2 Å². The van der Waals surface area contributed by atoms with Crippen LogP contribution in [0.4, 0.5) is 0 Å². The van der Waals surface area contributed by atoms with Gasteiger partial charge in [-0.15, -0.1) is 11.3 Å². The van der Waals surface area contributed by atoms with Crippen LogP contribution in [-0.4, -0.2) is 35.3 Å². The molecule has 1 N–H and O–H groups in total. The molecular weight excluding hydrogens is 320 g/mol. The summed E-state index contributed by atoms with van der Waals surface area (Å²) in [4.78, 5) is 27.8. The second kappa shape index (κ2) is 9.21. The lowest BCUT2D eigenvalue weighted by Gasteiger charge is -2.35. The van der Waals surface area contributed by atoms with Gasteiger partial charge in [-0.05, 0) is 50.0 Å². The molecule has 0 radical (unpaired) electrons. The highest BCUT2D eigenvalue weighted by Crippen LogP contribution is 2.22. The van der Waals surface area contributed by atoms with E-state index in [4.69, 9.17) is 0 Å². The van der Waals surface area contributed by atoms with E-state index < -0.39 is 0 Å². The Morgan fingerprint density at radius 1 is 1.29 bits per heavy atom. The molecule has 2 amide bonds. The number of thiophene rings is 1. The molecule has 1 aromatic heterocycles. The van der Waals surface area contributed by atoms with Crippen molar-refractivity contribution in [1.29, 1.82) is 0 Å². The van der Waals surface area contributed by atoms with Crippen molar-refractivity contribution in [3.05, 3.63) is 22.4 Å². The largest absolute Gasteiger partial charge is 0.352 e. The molecule has 1 aromatic rings. The summed E-state index contributed by atoms with van der Waals surface area (Å²) in [7, 11) is 0. The van der Waals surface area contributed by atoms with Crippen LogP contribution in [0.15, 0.2) is 17.5 Å². The van der Waals surface area contributed by atoms with Crippen LogP contribution in [0.2, 0.25) is 0 Å². The van der Waals surface area contributed by atoms with Crippen LogP contribution in [-0.2, 0) is 4.79 Å². The molecule has 2 heterocycles. The third kappa shape index (κ3) is 5.33. The molecule has 0 saturated carbocycles. The first kappa shape index (κ1) is 19.0. The highest BCUT2D eigenvalue weighted by molar-refractivity contribution is 7.12. The summed E-state index contributed by atoms with van der Waals surface area (Å²) in [5, 5.41) is 5.03. The van der Waals surface area contributed by atoms with E-state index >= 15 is 0 Å². The lowest BCUT2D eigenvalue weighted by Crippen LogP contribution is -2.53. The third-order valence-electron chi connectivity index (χ3n) is 4.61. The van der Waals surface area contributed by atoms with Crippen LogP contribution in [0, 0.1) is 5.92 Å². The molecule has 5 heteroatoms. The molecule has 2 unspecified atom stereocenters. The van der Waals surface area contributed by atoms with Crippen molar-refractivity contribution in [3.63, 3.8) is 0 Å². The minimum Gasteiger partial charge on any atom is -0.352 e. The maximum absolute atomic E-state index is 12.7. The number of hydrogen-bond donors (Lipinski definition) is 1. The fourth-order valence-corrected chi connectivity index (χ4v) is 3.91. The molecule has 0 aromatic carbocycles. The topological polar surface area (TPSA) is 49.4 Å². The number of piperidine rings is 1. The maximum Gasteiger partial charge on any atom is 0.264 e. The average Bonchev–Trinajstić information content (AvgIpc) is 3.08. The van der Waals surface area contributed by atoms with Gasteiger partial charge in [0, 0.05) is 12.6 Å². The molecule has 134 valence electrons. The zero-order valence-electron chi connectivity index (χ0n) is 15.1. The normalized spacial score (nSPS) is 19.3. The summed E-state index contributed by atoms with van der Waals surface area (Å²) >= 11 is 1.44. The van der Waals surface area contributed by atoms with Crippen molar-refractivity contribution >= 4 is 23.2 Å². The van der Waals surface area contributed by atoms with Crippen molar-refractivity contribution < 1.29 is 9.59 Å². The van der Waals surface area contributed by atoms with E-state index in [2.05, 4.69) is 26.1 Å². The number of hydrogen-bond acceptors (Lipinski definition) is 3. The predicted octanol–water partition coefficient (Wildman–Crippen LogP) is 4.07. The Balaban J connectivity index is 1.91. The van der Waals surface area contributed by atoms with Gasteiger partial charge >= 0.3 is 0 Å². The van der Waals surface area contributed by atoms with Crippen LogP contribution >= 0.6 is 11.3 Å². The number of rotatable bonds is 7. The number of nitrogens with one attached hydrogen (secondary N) is 1. The molecule has 4 nitrogen and oxygen atoms in total. The van der Waals surface area contributed by atoms with E-state index in [0.717, 1.165) is 37.0 Å². The quantitative estimate of drug-likeness (QED) is 0.806. The fourth-order valence-electron chi connectivity index (χ4n) is 3.23. The zero-order valence-corrected chi connectivity index (χ0v) is 15.9. The summed E-state index contributed by atoms with van der Waals surface area (Å²) in [5.41, 5.74) is 0. The van der Waals surface area contributed by atoms with Crippen LogP contribution in [0.25, 0.3) is 0 Å². The molecule has 0 spiro atoms. The van der Waals surface area contributed by atoms with Gasteiger partial charge in [-0.25, -0.2) is 0 Å². The summed E-state index contributed by atoms with van der Waals surface area (Å²) in [6.07, 6.45) is 6.06. The van der Waals surface area contributed by atoms with E-state index in [-0.39, 0.29) is 23.9 Å². The molecule has 2 rings (SSSR count). The zero-order chi connectivity index (χ0) is 17.5. The molecule has 24 heavy (non-hydrogen) atoms. The smallest absolute Gasteiger partial charge is 0.264 e. The highest BCUT2D eigenvalue weighted by Gasteiger charge is 2.33. The van der Waals surface area contributed by atoms with E-state index in [0.29, 0.717) is 12.5 Å². The standard InChI is InChI=1S/C19H30N2O2S/c1-14(2)8-6-9-15(3)20-18(22)16-10-4-5-12-21(16)19(23)17-11-7-13-24-17/h7,11,13-16H,4-6,8-10,12H2,1-3H3,(H,20,22). The van der Waals surface area contributed by atoms with Gasteiger partial charge in [0.15, 0.2) is 0 Å². The first-order valence-electron chi connectivity index (χ1n) is 9.14. The Morgan fingerprint density at radius 2 is 2.08 bits per heavy atom. The van der Waals surface area contributed by atoms with Crippen molar-refractivity contribution in [2.24, 2.45) is 5.92 Å². The number of likely N-dealkylation sites (tertiary alicyclic amines) is 1. The molecule has 0 bridgehead atoms. The summed E-state index contributed by atoms with van der Waals surface area (Å²) in [6, 6.07) is 3.57. The lowest BCUT2D eigenvalue weighted by molar-refractivity contribution is -0.127. The van der Waals surface area contributed by atoms with Gasteiger partial charge in [0.25, 0.3) is 5.91 Å². The third-order valence-corrected chi connectivity index (χ3v) is 5.46. The molecule has 1 aliphatic heterocycles. The van der Waals surface area contributed by atoms with Gasteiger partial charge in [0.05, 0.1) is 4.88 Å². The monoisotopic (exact) mass is 350 g/mol. The molecular formula is C19H30N2O2S. The summed E-state index contributed by atoms with van der Waals surface area (Å²) < 4.78 is 0. The van der Waals surface area contributed by atoms with E-state index in [9.17, 15) is 9.59 Å². The molecule has 1 fully saturated rings. The van der Waals surface area contributed by atoms with Gasteiger partial charge in [-0.2, -0.15) is 0 Å². The molecule has 0 aliphatic carbocycles. The van der Waals surface area contributed by atoms with Gasteiger partial charge in [0.1, 0.15) is 6.04 Å². The van der Waals surface area contributed by atoms with Gasteiger partial charge in [0.2, 0.25) is 5.91 Å². The van der Waals surface area contributed by atoms with Crippen LogP contribution in [0.3, 0.4) is 0 Å². The van der Waals surface area contributed by atoms with Crippen LogP contribution in [0.1, 0.15) is 69.0 Å². The average molecular weight is 351 g/mol. The second-order valence-electron chi connectivity index (χ2n) is 7.22. The molecule has 1 saturated heterocycles. The fraction of sp³-hybridized carbons (Fsp3) is 0.684. The minimum atomic E-state index is -0.319. The SMILES string of the molecule is CC(C)CCCC(C)NC(=O)C1CCCCN1C(=O)c1cccs1. The van der Waals surface area contributed by atoms with Crippen molar-refractivity contribution in [1.82, 2.24) is 10.2 Å². The van der Waals surface area contributed by atoms with Crippen LogP contribution in [0.5, 0.6) is 0 Å². The lowest BCUT2D eigenvalue weighted by atomic mass is 9.99. The number of amides is 2. The predicted molar refractivity (Wildman–Crippen MR) is 99.3 cm³/mol. The van der Waals surface area contributed by atoms with E-state index in [1.54, 1.807) is 4.90 Å².